The molecule has 0 aromatic heterocycles. The molecule has 0 bridgehead atoms. The van der Waals surface area contributed by atoms with Crippen LogP contribution in [0.25, 0.3) is 5.32 Å². The summed E-state index contributed by atoms with van der Waals surface area (Å²) in [7, 11) is 1.67. The van der Waals surface area contributed by atoms with Crippen LogP contribution in [0.5, 0.6) is 5.75 Å². The second kappa shape index (κ2) is 18.7. The number of nitrogens with zero attached hydrogens (tertiary/aromatic N) is 1. The average Bonchev–Trinajstić information content (AvgIpc) is 3.45. The van der Waals surface area contributed by atoms with Gasteiger partial charge in [0, 0.05) is 0 Å². The fraction of sp³-hybridized carbons (Fsp3) is 0.720. The fourth-order valence-electron chi connectivity index (χ4n) is 3.48. The van der Waals surface area contributed by atoms with Crippen LogP contribution in [0.3, 0.4) is 0 Å². The van der Waals surface area contributed by atoms with E-state index < -0.39 is 0 Å². The molecule has 2 saturated carbocycles. The number of methoxy groups -OCH3 is 1. The van der Waals surface area contributed by atoms with Crippen molar-refractivity contribution in [2.75, 3.05) is 7.11 Å². The van der Waals surface area contributed by atoms with Gasteiger partial charge in [-0.3, -0.25) is 0 Å². The zero-order valence-electron chi connectivity index (χ0n) is 18.7. The molecule has 0 spiro atoms. The van der Waals surface area contributed by atoms with Crippen LogP contribution in [-0.4, -0.2) is 13.2 Å². The second-order valence-corrected chi connectivity index (χ2v) is 8.01. The van der Waals surface area contributed by atoms with E-state index in [0.29, 0.717) is 5.92 Å². The van der Waals surface area contributed by atoms with Crippen LogP contribution in [0.2, 0.25) is 0 Å². The van der Waals surface area contributed by atoms with Gasteiger partial charge in [0.15, 0.2) is 0 Å². The number of hydrogen-bond donors (Lipinski definition) is 0. The molecular formula is C25H43NOZr+2. The molecule has 1 aromatic carbocycles. The van der Waals surface area contributed by atoms with Crippen LogP contribution < -0.4 is 4.74 Å². The van der Waals surface area contributed by atoms with E-state index in [0.717, 1.165) is 17.9 Å². The normalized spacial score (nSPS) is 17.1. The van der Waals surface area contributed by atoms with E-state index in [-0.39, 0.29) is 32.2 Å². The summed E-state index contributed by atoms with van der Waals surface area (Å²) < 4.78 is 5.12. The van der Waals surface area contributed by atoms with Crippen LogP contribution in [0, 0.1) is 12.8 Å². The van der Waals surface area contributed by atoms with Crippen molar-refractivity contribution in [3.8, 4) is 5.75 Å². The molecule has 1 aromatic rings. The molecule has 0 heterocycles. The van der Waals surface area contributed by atoms with Gasteiger partial charge in [-0.2, -0.15) is 5.92 Å². The van der Waals surface area contributed by atoms with E-state index in [1.165, 1.54) is 77.0 Å². The summed E-state index contributed by atoms with van der Waals surface area (Å²) in [5, 5.41) is 4.67. The van der Waals surface area contributed by atoms with Crippen LogP contribution >= 0.6 is 0 Å². The number of hydrogen-bond acceptors (Lipinski definition) is 1. The summed E-state index contributed by atoms with van der Waals surface area (Å²) in [4.78, 5) is 0. The number of unbranched alkanes of at least 4 members (excludes halogenated alkanes) is 1. The Morgan fingerprint density at radius 3 is 1.68 bits per heavy atom. The monoisotopic (exact) mass is 463 g/mol. The summed E-state index contributed by atoms with van der Waals surface area (Å²) >= 11 is 0. The van der Waals surface area contributed by atoms with E-state index in [9.17, 15) is 0 Å². The molecule has 2 aliphatic rings. The van der Waals surface area contributed by atoms with E-state index in [1.807, 2.05) is 24.3 Å². The minimum absolute atomic E-state index is 0. The first-order valence-electron chi connectivity index (χ1n) is 11.3. The predicted octanol–water partition coefficient (Wildman–Crippen LogP) is 8.63. The summed E-state index contributed by atoms with van der Waals surface area (Å²) in [6, 6.07) is 8.13. The Kier molecular flexibility index (Phi) is 18.5. The van der Waals surface area contributed by atoms with Gasteiger partial charge >= 0.3 is 26.2 Å². The molecule has 2 nitrogen and oxygen atoms in total. The molecule has 0 amide bonds. The maximum Gasteiger partial charge on any atom is 4.00 e. The van der Waals surface area contributed by atoms with Crippen LogP contribution in [0.4, 0.5) is 5.69 Å². The average molecular weight is 465 g/mol. The van der Waals surface area contributed by atoms with Gasteiger partial charge in [0.25, 0.3) is 0 Å². The zero-order valence-corrected chi connectivity index (χ0v) is 21.2. The third kappa shape index (κ3) is 13.8. The molecule has 3 heteroatoms. The van der Waals surface area contributed by atoms with Gasteiger partial charge in [0.05, 0.1) is 7.11 Å². The number of rotatable bonds is 7. The maximum absolute atomic E-state index is 5.12. The quantitative estimate of drug-likeness (QED) is 0.370. The van der Waals surface area contributed by atoms with Crippen LogP contribution in [0.1, 0.15) is 97.3 Å². The van der Waals surface area contributed by atoms with Gasteiger partial charge in [-0.1, -0.05) is 109 Å². The summed E-state index contributed by atoms with van der Waals surface area (Å²) in [5.74, 6) is 1.27. The van der Waals surface area contributed by atoms with Gasteiger partial charge in [0.1, 0.15) is 5.75 Å². The Morgan fingerprint density at radius 2 is 1.32 bits per heavy atom. The Hall–Kier alpha value is -0.297. The van der Waals surface area contributed by atoms with Crippen molar-refractivity contribution in [3.05, 3.63) is 36.5 Å². The SMILES string of the molecule is C1CCCC1.C1CCCC1.[CH2-][C@H](CCCC)[C@@H](C)[N-]c1ccc(OC)cc1.[Zr+4]. The largest absolute Gasteiger partial charge is 4.00 e. The number of benzene rings is 1. The van der Waals surface area contributed by atoms with Gasteiger partial charge < -0.3 is 17.0 Å². The standard InChI is InChI=1S/C15H23NO.2C5H10.Zr/c1-5-6-7-12(2)13(3)16-14-8-10-15(17-4)11-9-14;2*1-2-4-5-3-1;/h8-13H,2,5-7H2,1,3-4H3;2*1-5H2;/q-2;;;+4/t12-,13-;;;/m1.../s1. The van der Waals surface area contributed by atoms with Crippen molar-refractivity contribution in [2.24, 2.45) is 5.92 Å². The van der Waals surface area contributed by atoms with Gasteiger partial charge in [-0.15, -0.1) is 11.7 Å². The van der Waals surface area contributed by atoms with Gasteiger partial charge in [-0.25, -0.2) is 0 Å². The molecule has 0 saturated heterocycles. The molecule has 3 rings (SSSR count). The molecule has 0 unspecified atom stereocenters. The Labute approximate surface area is 194 Å². The van der Waals surface area contributed by atoms with Crippen molar-refractivity contribution in [3.63, 3.8) is 0 Å². The summed E-state index contributed by atoms with van der Waals surface area (Å²) in [5.41, 5.74) is 1.00. The molecule has 0 N–H and O–H groups in total. The van der Waals surface area contributed by atoms with E-state index >= 15 is 0 Å². The third-order valence-corrected chi connectivity index (χ3v) is 5.54. The first-order chi connectivity index (χ1) is 13.2. The molecule has 0 aliphatic heterocycles. The van der Waals surface area contributed by atoms with E-state index in [1.54, 1.807) is 7.11 Å². The molecule has 28 heavy (non-hydrogen) atoms. The van der Waals surface area contributed by atoms with Crippen LogP contribution in [-0.2, 0) is 26.2 Å². The first kappa shape index (κ1) is 27.7. The van der Waals surface area contributed by atoms with Crippen molar-refractivity contribution < 1.29 is 30.9 Å². The Bertz CT molecular complexity index is 415. The molecule has 0 radical (unpaired) electrons. The smallest absolute Gasteiger partial charge is 0.684 e. The molecular weight excluding hydrogens is 422 g/mol. The summed E-state index contributed by atoms with van der Waals surface area (Å²) in [6.07, 6.45) is 18.6. The van der Waals surface area contributed by atoms with Crippen molar-refractivity contribution >= 4 is 5.69 Å². The van der Waals surface area contributed by atoms with Gasteiger partial charge in [-0.05, 0) is 12.1 Å². The zero-order chi connectivity index (χ0) is 19.7. The molecule has 156 valence electrons. The Balaban J connectivity index is 0.000000535. The number of ether oxygens (including phenoxy) is 1. The Morgan fingerprint density at radius 1 is 0.893 bits per heavy atom. The van der Waals surface area contributed by atoms with Gasteiger partial charge in [0.2, 0.25) is 0 Å². The molecule has 2 fully saturated rings. The van der Waals surface area contributed by atoms with E-state index in [2.05, 4.69) is 26.1 Å². The minimum Gasteiger partial charge on any atom is -0.684 e. The minimum atomic E-state index is 0. The van der Waals surface area contributed by atoms with E-state index in [4.69, 9.17) is 4.74 Å². The summed E-state index contributed by atoms with van der Waals surface area (Å²) in [6.45, 7) is 8.53. The molecule has 2 aliphatic carbocycles. The second-order valence-electron chi connectivity index (χ2n) is 8.01. The molecule has 2 atom stereocenters. The van der Waals surface area contributed by atoms with Crippen LogP contribution in [0.15, 0.2) is 24.3 Å². The predicted molar refractivity (Wildman–Crippen MR) is 120 cm³/mol. The topological polar surface area (TPSA) is 23.3 Å². The maximum atomic E-state index is 5.12. The van der Waals surface area contributed by atoms with Crippen molar-refractivity contribution in [1.29, 1.82) is 0 Å². The third-order valence-electron chi connectivity index (χ3n) is 5.54. The first-order valence-corrected chi connectivity index (χ1v) is 11.3. The van der Waals surface area contributed by atoms with Crippen molar-refractivity contribution in [2.45, 2.75) is 103 Å². The fourth-order valence-corrected chi connectivity index (χ4v) is 3.48. The van der Waals surface area contributed by atoms with Crippen molar-refractivity contribution in [1.82, 2.24) is 0 Å².